The lowest BCUT2D eigenvalue weighted by Gasteiger charge is -2.61. The van der Waals surface area contributed by atoms with Gasteiger partial charge in [-0.3, -0.25) is 14.4 Å². The molecular weight excluding hydrogens is 997 g/mol. The Bertz CT molecular complexity index is 3320. The Morgan fingerprint density at radius 1 is 0.481 bits per heavy atom. The number of fused-ring (bicyclic) bond motifs is 5. The van der Waals surface area contributed by atoms with Crippen LogP contribution in [-0.4, -0.2) is 68.0 Å². The maximum atomic E-state index is 12.8. The molecule has 0 aromatic rings. The van der Waals surface area contributed by atoms with Crippen molar-refractivity contribution in [1.82, 2.24) is 0 Å². The third kappa shape index (κ3) is 21.9. The molecule has 0 heterocycles. The van der Waals surface area contributed by atoms with Gasteiger partial charge in [0.2, 0.25) is 6.79 Å². The SMILES string of the molecule is CC#CC#CC#CC#CC#CC#CC#CC#CC(=O)OCC(COC(=O)C#CC#CC#CC#CC#CC#CC#CC#CC)OC(=O)CCCC(=O)OCOC(=O)OC1CC[C@@]2(C)[C@@H](CC[C@@H]3[C@@H]2CC[C@]2(C)[C@@H](C(C)=O)CC[C@@H]32)C1. The Kier molecular flexibility index (Phi) is 26.7. The lowest BCUT2D eigenvalue weighted by atomic mass is 9.44. The van der Waals surface area contributed by atoms with E-state index >= 15 is 0 Å². The molecule has 79 heavy (non-hydrogen) atoms. The molecule has 0 aromatic carbocycles. The van der Waals surface area contributed by atoms with Gasteiger partial charge in [0.05, 0.1) is 0 Å². The summed E-state index contributed by atoms with van der Waals surface area (Å²) < 4.78 is 31.4. The van der Waals surface area contributed by atoms with Crippen LogP contribution in [0.15, 0.2) is 0 Å². The average Bonchev–Trinajstić information content (AvgIpc) is 4.06. The van der Waals surface area contributed by atoms with E-state index in [4.69, 9.17) is 28.4 Å². The number of Topliss-reactive ketones (excluding diaryl/α,β-unsaturated/α-hetero) is 1. The molecule has 4 aliphatic rings. The van der Waals surface area contributed by atoms with Crippen LogP contribution in [0.1, 0.15) is 112 Å². The summed E-state index contributed by atoms with van der Waals surface area (Å²) in [6.07, 6.45) is 5.80. The van der Waals surface area contributed by atoms with Gasteiger partial charge in [-0.25, -0.2) is 14.4 Å². The molecule has 12 heteroatoms. The van der Waals surface area contributed by atoms with Crippen LogP contribution in [0.3, 0.4) is 0 Å². The molecule has 4 saturated carbocycles. The van der Waals surface area contributed by atoms with Crippen LogP contribution >= 0.6 is 0 Å². The first-order valence-corrected chi connectivity index (χ1v) is 25.2. The van der Waals surface area contributed by atoms with Crippen molar-refractivity contribution in [2.24, 2.45) is 40.4 Å². The van der Waals surface area contributed by atoms with E-state index < -0.39 is 56.1 Å². The van der Waals surface area contributed by atoms with E-state index in [0.717, 1.165) is 51.4 Å². The monoisotopic (exact) mass is 1050 g/mol. The van der Waals surface area contributed by atoms with Gasteiger partial charge >= 0.3 is 30.0 Å². The van der Waals surface area contributed by atoms with Gasteiger partial charge in [0.1, 0.15) is 25.1 Å². The normalized spacial score (nSPS) is 21.0. The van der Waals surface area contributed by atoms with E-state index in [2.05, 4.69) is 203 Å². The van der Waals surface area contributed by atoms with E-state index in [9.17, 15) is 28.8 Å². The summed E-state index contributed by atoms with van der Waals surface area (Å²) in [4.78, 5) is 75.2. The predicted octanol–water partition coefficient (Wildman–Crippen LogP) is 5.52. The molecule has 8 atom stereocenters. The molecule has 0 amide bonds. The molecule has 0 aliphatic heterocycles. The number of hydrogen-bond donors (Lipinski definition) is 0. The minimum atomic E-state index is -1.32. The van der Waals surface area contributed by atoms with E-state index in [-0.39, 0.29) is 42.1 Å². The number of rotatable bonds is 13. The fraction of sp³-hybridized carbons (Fsp3) is 0.433. The standard InChI is InChI=1S/C67H52O12/c1-6-8-10-12-14-16-18-20-22-24-26-28-30-32-34-37-61(69)74-50-56(51-75-62(70)38-35-33-31-29-27-25-23-21-19-17-15-13-11-9-7-2)78-64(72)40-36-39-63(71)76-52-77-65(73)79-55-45-47-66(4)54(49-55)41-42-57-59-44-43-58(53(3)68)67(59,5)48-46-60(57)66/h54-60H,36,39-52H2,1-5H3/t54-,55?,57-,58+,59-,60-,66-,67+/m0/s1. The number of esters is 4. The van der Waals surface area contributed by atoms with Crippen LogP contribution in [0.5, 0.6) is 0 Å². The molecule has 0 aromatic heterocycles. The van der Waals surface area contributed by atoms with Gasteiger partial charge in [0.15, 0.2) is 6.10 Å². The highest BCUT2D eigenvalue weighted by atomic mass is 16.8. The second-order valence-electron chi connectivity index (χ2n) is 18.4. The topological polar surface area (TPSA) is 158 Å². The van der Waals surface area contributed by atoms with Crippen LogP contribution in [0.25, 0.3) is 0 Å². The van der Waals surface area contributed by atoms with E-state index in [1.807, 2.05) is 0 Å². The number of carbonyl (C=O) groups excluding carboxylic acids is 6. The third-order valence-electron chi connectivity index (χ3n) is 13.8. The first kappa shape index (κ1) is 61.3. The molecule has 0 spiro atoms. The van der Waals surface area contributed by atoms with E-state index in [1.54, 1.807) is 20.8 Å². The van der Waals surface area contributed by atoms with Crippen molar-refractivity contribution >= 4 is 35.8 Å². The Balaban J connectivity index is 1.22. The van der Waals surface area contributed by atoms with Gasteiger partial charge in [0, 0.05) is 30.6 Å². The average molecular weight is 1050 g/mol. The Hall–Kier alpha value is -10.2. The van der Waals surface area contributed by atoms with Gasteiger partial charge in [-0.15, -0.1) is 0 Å². The Morgan fingerprint density at radius 2 is 0.924 bits per heavy atom. The molecule has 0 bridgehead atoms. The largest absolute Gasteiger partial charge is 0.511 e. The predicted molar refractivity (Wildman–Crippen MR) is 290 cm³/mol. The van der Waals surface area contributed by atoms with Crippen molar-refractivity contribution in [2.75, 3.05) is 20.0 Å². The third-order valence-corrected chi connectivity index (χ3v) is 13.8. The zero-order valence-corrected chi connectivity index (χ0v) is 44.5. The summed E-state index contributed by atoms with van der Waals surface area (Å²) in [5.74, 6) is 76.8. The quantitative estimate of drug-likeness (QED) is 0.0750. The maximum absolute atomic E-state index is 12.8. The zero-order valence-electron chi connectivity index (χ0n) is 44.5. The van der Waals surface area contributed by atoms with Crippen molar-refractivity contribution in [3.05, 3.63) is 0 Å². The molecule has 0 N–H and O–H groups in total. The van der Waals surface area contributed by atoms with Crippen LogP contribution in [0.2, 0.25) is 0 Å². The second kappa shape index (κ2) is 34.4. The number of ketones is 1. The fourth-order valence-corrected chi connectivity index (χ4v) is 10.6. The van der Waals surface area contributed by atoms with E-state index in [1.165, 1.54) is 0 Å². The Labute approximate surface area is 464 Å². The molecule has 0 saturated heterocycles. The van der Waals surface area contributed by atoms with Crippen LogP contribution in [0, 0.1) is 230 Å². The van der Waals surface area contributed by atoms with Gasteiger partial charge in [-0.05, 0) is 285 Å². The molecule has 1 unspecified atom stereocenters. The highest BCUT2D eigenvalue weighted by molar-refractivity contribution is 5.89. The fourth-order valence-electron chi connectivity index (χ4n) is 10.6. The second-order valence-corrected chi connectivity index (χ2v) is 18.4. The van der Waals surface area contributed by atoms with Gasteiger partial charge < -0.3 is 28.4 Å². The van der Waals surface area contributed by atoms with Crippen molar-refractivity contribution in [2.45, 2.75) is 124 Å². The minimum Gasteiger partial charge on any atom is -0.455 e. The molecular formula is C67H52O12. The summed E-state index contributed by atoms with van der Waals surface area (Å²) in [6, 6.07) is 0. The van der Waals surface area contributed by atoms with Crippen molar-refractivity contribution < 1.29 is 57.2 Å². The first-order chi connectivity index (χ1) is 38.3. The first-order valence-electron chi connectivity index (χ1n) is 25.2. The lowest BCUT2D eigenvalue weighted by Crippen LogP contribution is -2.54. The molecule has 4 aliphatic carbocycles. The smallest absolute Gasteiger partial charge is 0.455 e. The van der Waals surface area contributed by atoms with Gasteiger partial charge in [-0.1, -0.05) is 25.7 Å². The maximum Gasteiger partial charge on any atom is 0.511 e. The summed E-state index contributed by atoms with van der Waals surface area (Å²) in [6.45, 7) is 7.98. The number of carbonyl (C=O) groups is 6. The highest BCUT2D eigenvalue weighted by Gasteiger charge is 2.61. The minimum absolute atomic E-state index is 0.0342. The molecule has 0 radical (unpaired) electrons. The molecule has 4 rings (SSSR count). The number of ether oxygens (including phenoxy) is 6. The van der Waals surface area contributed by atoms with Crippen molar-refractivity contribution in [1.29, 1.82) is 0 Å². The zero-order chi connectivity index (χ0) is 57.0. The lowest BCUT2D eigenvalue weighted by molar-refractivity contribution is -0.164. The Morgan fingerprint density at radius 3 is 1.41 bits per heavy atom. The van der Waals surface area contributed by atoms with Crippen molar-refractivity contribution in [3.8, 4) is 189 Å². The molecule has 392 valence electrons. The van der Waals surface area contributed by atoms with Gasteiger partial charge in [-0.2, -0.15) is 0 Å². The molecule has 12 nitrogen and oxygen atoms in total. The van der Waals surface area contributed by atoms with Crippen molar-refractivity contribution in [3.63, 3.8) is 0 Å². The summed E-state index contributed by atoms with van der Waals surface area (Å²) >= 11 is 0. The van der Waals surface area contributed by atoms with Gasteiger partial charge in [0.25, 0.3) is 0 Å². The summed E-state index contributed by atoms with van der Waals surface area (Å²) in [5, 5.41) is 0. The van der Waals surface area contributed by atoms with Crippen LogP contribution in [0.4, 0.5) is 4.79 Å². The highest BCUT2D eigenvalue weighted by Crippen LogP contribution is 2.67. The van der Waals surface area contributed by atoms with Crippen LogP contribution in [-0.2, 0) is 52.4 Å². The van der Waals surface area contributed by atoms with Crippen LogP contribution < -0.4 is 0 Å². The van der Waals surface area contributed by atoms with E-state index in [0.29, 0.717) is 35.9 Å². The summed E-state index contributed by atoms with van der Waals surface area (Å²) in [7, 11) is 0. The summed E-state index contributed by atoms with van der Waals surface area (Å²) in [5.41, 5.74) is 0.246. The molecule has 4 fully saturated rings. The number of hydrogen-bond acceptors (Lipinski definition) is 12.